The molecule has 4 amide bonds. The molecule has 1 heterocycles. The summed E-state index contributed by atoms with van der Waals surface area (Å²) in [6, 6.07) is 5.34. The van der Waals surface area contributed by atoms with Gasteiger partial charge in [0.1, 0.15) is 18.1 Å². The maximum atomic E-state index is 12.2. The smallest absolute Gasteiger partial charge is 0.323 e. The second-order valence-corrected chi connectivity index (χ2v) is 5.42. The fraction of sp³-hybridized carbons (Fsp3) is 0.188. The zero-order valence-corrected chi connectivity index (χ0v) is 13.6. The zero-order chi connectivity index (χ0) is 18.6. The van der Waals surface area contributed by atoms with Crippen LogP contribution in [-0.2, 0) is 4.79 Å². The van der Waals surface area contributed by atoms with E-state index >= 15 is 0 Å². The number of rotatable bonds is 6. The number of nitrogens with one attached hydrogen (secondary N) is 3. The number of carbonyl (C=O) groups excluding carboxylic acids is 3. The van der Waals surface area contributed by atoms with Crippen molar-refractivity contribution in [2.75, 3.05) is 6.61 Å². The molecule has 2 rings (SSSR count). The Balaban J connectivity index is 1.91. The van der Waals surface area contributed by atoms with Gasteiger partial charge in [-0.2, -0.15) is 0 Å². The predicted octanol–water partition coefficient (Wildman–Crippen LogP) is -0.334. The molecule has 132 valence electrons. The van der Waals surface area contributed by atoms with Crippen molar-refractivity contribution in [3.05, 3.63) is 53.5 Å². The third kappa shape index (κ3) is 4.50. The highest BCUT2D eigenvalue weighted by molar-refractivity contribution is 6.00. The Morgan fingerprint density at radius 2 is 1.92 bits per heavy atom. The summed E-state index contributed by atoms with van der Waals surface area (Å²) in [6.07, 6.45) is 0. The van der Waals surface area contributed by atoms with Crippen LogP contribution in [0.1, 0.15) is 17.3 Å². The molecule has 0 aliphatic carbocycles. The average molecular weight is 345 g/mol. The first-order chi connectivity index (χ1) is 11.8. The fourth-order valence-corrected chi connectivity index (χ4v) is 2.02. The van der Waals surface area contributed by atoms with Gasteiger partial charge in [0, 0.05) is 5.56 Å². The number of hydrogen-bond donors (Lipinski definition) is 5. The molecule has 1 aliphatic heterocycles. The lowest BCUT2D eigenvalue weighted by atomic mass is 10.2. The Kier molecular flexibility index (Phi) is 5.28. The van der Waals surface area contributed by atoms with E-state index in [0.717, 1.165) is 0 Å². The van der Waals surface area contributed by atoms with Crippen LogP contribution in [0.25, 0.3) is 0 Å². The Morgan fingerprint density at radius 1 is 1.28 bits per heavy atom. The van der Waals surface area contributed by atoms with Gasteiger partial charge in [-0.3, -0.25) is 9.59 Å². The van der Waals surface area contributed by atoms with Crippen LogP contribution in [0, 0.1) is 0 Å². The third-order valence-electron chi connectivity index (χ3n) is 3.34. The normalized spacial score (nSPS) is 15.1. The van der Waals surface area contributed by atoms with Crippen molar-refractivity contribution in [3.8, 4) is 5.75 Å². The topological polar surface area (TPSA) is 149 Å². The van der Waals surface area contributed by atoms with Gasteiger partial charge in [0.2, 0.25) is 5.91 Å². The van der Waals surface area contributed by atoms with Gasteiger partial charge in [0.05, 0.1) is 17.4 Å². The first-order valence-corrected chi connectivity index (χ1v) is 7.38. The minimum atomic E-state index is -0.581. The molecule has 0 bridgehead atoms. The van der Waals surface area contributed by atoms with Gasteiger partial charge in [0.15, 0.2) is 0 Å². The molecule has 1 atom stereocenters. The van der Waals surface area contributed by atoms with E-state index in [0.29, 0.717) is 11.3 Å². The lowest BCUT2D eigenvalue weighted by molar-refractivity contribution is -0.118. The van der Waals surface area contributed by atoms with Crippen LogP contribution in [0.5, 0.6) is 5.75 Å². The number of urea groups is 1. The van der Waals surface area contributed by atoms with Crippen molar-refractivity contribution in [2.24, 2.45) is 11.5 Å². The van der Waals surface area contributed by atoms with Gasteiger partial charge in [-0.1, -0.05) is 6.58 Å². The zero-order valence-electron chi connectivity index (χ0n) is 13.6. The molecule has 0 saturated carbocycles. The van der Waals surface area contributed by atoms with Crippen molar-refractivity contribution >= 4 is 17.8 Å². The molecule has 0 spiro atoms. The molecule has 25 heavy (non-hydrogen) atoms. The molecule has 1 aliphatic rings. The van der Waals surface area contributed by atoms with Crippen molar-refractivity contribution in [1.82, 2.24) is 16.0 Å². The summed E-state index contributed by atoms with van der Waals surface area (Å²) in [7, 11) is 0. The lowest BCUT2D eigenvalue weighted by Crippen LogP contribution is -2.49. The van der Waals surface area contributed by atoms with Gasteiger partial charge in [-0.25, -0.2) is 4.79 Å². The Bertz CT molecular complexity index is 754. The molecule has 0 fully saturated rings. The molecule has 0 aromatic heterocycles. The summed E-state index contributed by atoms with van der Waals surface area (Å²) in [4.78, 5) is 34.6. The first-order valence-electron chi connectivity index (χ1n) is 7.38. The van der Waals surface area contributed by atoms with Crippen LogP contribution >= 0.6 is 0 Å². The van der Waals surface area contributed by atoms with Crippen LogP contribution in [-0.4, -0.2) is 30.5 Å². The molecule has 9 heteroatoms. The molecule has 7 N–H and O–H groups in total. The minimum absolute atomic E-state index is 0.0623. The highest BCUT2D eigenvalue weighted by atomic mass is 16.5. The second-order valence-electron chi connectivity index (χ2n) is 5.42. The van der Waals surface area contributed by atoms with E-state index in [1.54, 1.807) is 31.2 Å². The quantitative estimate of drug-likeness (QED) is 0.478. The summed E-state index contributed by atoms with van der Waals surface area (Å²) in [6.45, 7) is 5.46. The maximum absolute atomic E-state index is 12.2. The minimum Gasteiger partial charge on any atom is -0.491 e. The standard InChI is InChI=1S/C16H19N5O4/c1-8(7-25-11-5-3-10(4-6-11)14(18)22)19-15(23)13-12(17)9(2)20-16(24)21-13/h3-6,8H,2,7,17H2,1H3,(H2,18,22)(H,19,23)(H2,20,21,24)/t8-/m1/s1. The number of ether oxygens (including phenoxy) is 1. The van der Waals surface area contributed by atoms with Crippen molar-refractivity contribution in [1.29, 1.82) is 0 Å². The number of amides is 4. The molecule has 0 radical (unpaired) electrons. The van der Waals surface area contributed by atoms with Gasteiger partial charge < -0.3 is 32.2 Å². The monoisotopic (exact) mass is 345 g/mol. The van der Waals surface area contributed by atoms with E-state index in [9.17, 15) is 14.4 Å². The Morgan fingerprint density at radius 3 is 2.52 bits per heavy atom. The highest BCUT2D eigenvalue weighted by Gasteiger charge is 2.24. The number of nitrogens with two attached hydrogens (primary N) is 2. The van der Waals surface area contributed by atoms with E-state index in [1.807, 2.05) is 0 Å². The number of hydrogen-bond acceptors (Lipinski definition) is 5. The predicted molar refractivity (Wildman–Crippen MR) is 90.1 cm³/mol. The average Bonchev–Trinajstić information content (AvgIpc) is 2.56. The summed E-state index contributed by atoms with van der Waals surface area (Å²) in [5.74, 6) is -0.550. The van der Waals surface area contributed by atoms with Gasteiger partial charge in [-0.15, -0.1) is 0 Å². The maximum Gasteiger partial charge on any atom is 0.323 e. The van der Waals surface area contributed by atoms with E-state index in [1.165, 1.54) is 0 Å². The van der Waals surface area contributed by atoms with Crippen molar-refractivity contribution < 1.29 is 19.1 Å². The van der Waals surface area contributed by atoms with Gasteiger partial charge >= 0.3 is 6.03 Å². The molecule has 0 unspecified atom stereocenters. The van der Waals surface area contributed by atoms with Crippen LogP contribution in [0.3, 0.4) is 0 Å². The van der Waals surface area contributed by atoms with E-state index in [2.05, 4.69) is 22.5 Å². The summed E-state index contributed by atoms with van der Waals surface area (Å²) < 4.78 is 5.53. The van der Waals surface area contributed by atoms with Crippen LogP contribution in [0.2, 0.25) is 0 Å². The van der Waals surface area contributed by atoms with Gasteiger partial charge in [0.25, 0.3) is 5.91 Å². The van der Waals surface area contributed by atoms with Gasteiger partial charge in [-0.05, 0) is 31.2 Å². The van der Waals surface area contributed by atoms with Crippen LogP contribution in [0.4, 0.5) is 4.79 Å². The van der Waals surface area contributed by atoms with Crippen molar-refractivity contribution in [3.63, 3.8) is 0 Å². The third-order valence-corrected chi connectivity index (χ3v) is 3.34. The summed E-state index contributed by atoms with van der Waals surface area (Å²) >= 11 is 0. The molecule has 1 aromatic rings. The van der Waals surface area contributed by atoms with E-state index in [-0.39, 0.29) is 29.7 Å². The number of carbonyl (C=O) groups is 3. The van der Waals surface area contributed by atoms with Crippen LogP contribution in [0.15, 0.2) is 47.9 Å². The van der Waals surface area contributed by atoms with E-state index < -0.39 is 17.8 Å². The largest absolute Gasteiger partial charge is 0.491 e. The lowest BCUT2D eigenvalue weighted by Gasteiger charge is -2.22. The fourth-order valence-electron chi connectivity index (χ4n) is 2.02. The van der Waals surface area contributed by atoms with E-state index in [4.69, 9.17) is 16.2 Å². The summed E-state index contributed by atoms with van der Waals surface area (Å²) in [5.41, 5.74) is 11.4. The van der Waals surface area contributed by atoms with Crippen LogP contribution < -0.4 is 32.2 Å². The second kappa shape index (κ2) is 7.39. The summed E-state index contributed by atoms with van der Waals surface area (Å²) in [5, 5.41) is 7.36. The molecular formula is C16H19N5O4. The molecule has 1 aromatic carbocycles. The SMILES string of the molecule is C=C1NC(=O)NC(C(=O)N[C@H](C)COc2ccc(C(N)=O)cc2)=C1N. The van der Waals surface area contributed by atoms with Crippen molar-refractivity contribution in [2.45, 2.75) is 13.0 Å². The molecular weight excluding hydrogens is 326 g/mol. The Hall–Kier alpha value is -3.49. The number of primary amides is 1. The first kappa shape index (κ1) is 17.9. The number of benzene rings is 1. The molecule has 0 saturated heterocycles. The molecule has 9 nitrogen and oxygen atoms in total. The Labute approximate surface area is 144 Å². The highest BCUT2D eigenvalue weighted by Crippen LogP contribution is 2.12.